The van der Waals surface area contributed by atoms with Gasteiger partial charge in [-0.1, -0.05) is 0 Å². The molecular weight excluding hydrogens is 166 g/mol. The van der Waals surface area contributed by atoms with Crippen molar-refractivity contribution in [2.45, 2.75) is 25.8 Å². The minimum absolute atomic E-state index is 0.610. The van der Waals surface area contributed by atoms with Crippen LogP contribution in [0.25, 0.3) is 0 Å². The average molecular weight is 179 g/mol. The molecule has 1 fully saturated rings. The second-order valence-corrected chi connectivity index (χ2v) is 3.26. The summed E-state index contributed by atoms with van der Waals surface area (Å²) >= 11 is 0. The monoisotopic (exact) mass is 179 g/mol. The van der Waals surface area contributed by atoms with E-state index in [0.717, 1.165) is 11.6 Å². The molecule has 1 saturated carbocycles. The van der Waals surface area contributed by atoms with Crippen molar-refractivity contribution in [3.05, 3.63) is 11.9 Å². The fourth-order valence-corrected chi connectivity index (χ4v) is 1.16. The summed E-state index contributed by atoms with van der Waals surface area (Å²) in [5, 5.41) is 3.30. The zero-order valence-corrected chi connectivity index (χ0v) is 7.87. The molecule has 0 amide bonds. The van der Waals surface area contributed by atoms with Gasteiger partial charge < -0.3 is 10.1 Å². The fraction of sp³-hybridized carbons (Fsp3) is 0.556. The molecule has 2 rings (SSSR count). The van der Waals surface area contributed by atoms with Crippen LogP contribution in [0.15, 0.2) is 6.07 Å². The van der Waals surface area contributed by atoms with Gasteiger partial charge in [0, 0.05) is 12.1 Å². The molecule has 0 unspecified atom stereocenters. The number of aromatic nitrogens is 2. The van der Waals surface area contributed by atoms with Crippen LogP contribution in [0, 0.1) is 6.92 Å². The van der Waals surface area contributed by atoms with Crippen LogP contribution in [0.1, 0.15) is 18.7 Å². The molecule has 1 aromatic heterocycles. The van der Waals surface area contributed by atoms with Crippen molar-refractivity contribution in [2.75, 3.05) is 12.4 Å². The zero-order chi connectivity index (χ0) is 9.26. The van der Waals surface area contributed by atoms with E-state index >= 15 is 0 Å². The maximum Gasteiger partial charge on any atom is 0.218 e. The van der Waals surface area contributed by atoms with Crippen molar-refractivity contribution < 1.29 is 4.74 Å². The largest absolute Gasteiger partial charge is 0.481 e. The van der Waals surface area contributed by atoms with Gasteiger partial charge in [-0.05, 0) is 19.8 Å². The molecule has 1 aromatic rings. The predicted octanol–water partition coefficient (Wildman–Crippen LogP) is 1.37. The molecule has 1 aliphatic carbocycles. The van der Waals surface area contributed by atoms with Crippen LogP contribution in [0.2, 0.25) is 0 Å². The third-order valence-electron chi connectivity index (χ3n) is 1.95. The lowest BCUT2D eigenvalue weighted by Gasteiger charge is -2.05. The molecule has 0 saturated heterocycles. The van der Waals surface area contributed by atoms with Gasteiger partial charge in [-0.2, -0.15) is 4.98 Å². The minimum atomic E-state index is 0.610. The highest BCUT2D eigenvalue weighted by atomic mass is 16.5. The van der Waals surface area contributed by atoms with Crippen LogP contribution in [0.5, 0.6) is 5.88 Å². The summed E-state index contributed by atoms with van der Waals surface area (Å²) in [6.45, 7) is 1.86. The smallest absolute Gasteiger partial charge is 0.218 e. The summed E-state index contributed by atoms with van der Waals surface area (Å²) < 4.78 is 5.05. The number of aryl methyl sites for hydroxylation is 1. The Kier molecular flexibility index (Phi) is 2.04. The molecule has 13 heavy (non-hydrogen) atoms. The van der Waals surface area contributed by atoms with E-state index in [9.17, 15) is 0 Å². The highest BCUT2D eigenvalue weighted by Crippen LogP contribution is 2.24. The fourth-order valence-electron chi connectivity index (χ4n) is 1.16. The lowest BCUT2D eigenvalue weighted by Crippen LogP contribution is -2.05. The minimum Gasteiger partial charge on any atom is -0.481 e. The van der Waals surface area contributed by atoms with E-state index in [1.165, 1.54) is 12.8 Å². The van der Waals surface area contributed by atoms with Gasteiger partial charge in [-0.3, -0.25) is 0 Å². The van der Waals surface area contributed by atoms with Gasteiger partial charge >= 0.3 is 0 Å². The van der Waals surface area contributed by atoms with Gasteiger partial charge in [0.1, 0.15) is 11.6 Å². The Morgan fingerprint density at radius 3 is 2.85 bits per heavy atom. The molecule has 0 radical (unpaired) electrons. The number of methoxy groups -OCH3 is 1. The Hall–Kier alpha value is -1.32. The van der Waals surface area contributed by atoms with Gasteiger partial charge in [-0.15, -0.1) is 0 Å². The Morgan fingerprint density at radius 1 is 1.46 bits per heavy atom. The van der Waals surface area contributed by atoms with Crippen molar-refractivity contribution in [1.29, 1.82) is 0 Å². The Bertz CT molecular complexity index is 310. The molecule has 1 heterocycles. The molecule has 0 aliphatic heterocycles. The molecule has 1 N–H and O–H groups in total. The highest BCUT2D eigenvalue weighted by molar-refractivity contribution is 5.40. The van der Waals surface area contributed by atoms with Gasteiger partial charge in [0.05, 0.1) is 7.11 Å². The zero-order valence-electron chi connectivity index (χ0n) is 7.87. The second kappa shape index (κ2) is 3.20. The SMILES string of the molecule is COc1cc(NC2CC2)nc(C)n1. The van der Waals surface area contributed by atoms with Crippen LogP contribution < -0.4 is 10.1 Å². The maximum absolute atomic E-state index is 5.05. The molecular formula is C9H13N3O. The second-order valence-electron chi connectivity index (χ2n) is 3.26. The van der Waals surface area contributed by atoms with E-state index in [-0.39, 0.29) is 0 Å². The lowest BCUT2D eigenvalue weighted by molar-refractivity contribution is 0.396. The van der Waals surface area contributed by atoms with E-state index in [0.29, 0.717) is 11.9 Å². The Morgan fingerprint density at radius 2 is 2.23 bits per heavy atom. The van der Waals surface area contributed by atoms with Gasteiger partial charge in [0.2, 0.25) is 5.88 Å². The molecule has 0 atom stereocenters. The number of hydrogen-bond donors (Lipinski definition) is 1. The average Bonchev–Trinajstić information content (AvgIpc) is 2.87. The molecule has 4 nitrogen and oxygen atoms in total. The molecule has 1 aliphatic rings. The van der Waals surface area contributed by atoms with Crippen LogP contribution in [0.4, 0.5) is 5.82 Å². The number of nitrogens with zero attached hydrogens (tertiary/aromatic N) is 2. The quantitative estimate of drug-likeness (QED) is 0.761. The van der Waals surface area contributed by atoms with Crippen LogP contribution in [0.3, 0.4) is 0 Å². The van der Waals surface area contributed by atoms with E-state index < -0.39 is 0 Å². The molecule has 70 valence electrons. The van der Waals surface area contributed by atoms with Crippen molar-refractivity contribution in [1.82, 2.24) is 9.97 Å². The summed E-state index contributed by atoms with van der Waals surface area (Å²) in [6, 6.07) is 2.43. The van der Waals surface area contributed by atoms with Crippen LogP contribution in [-0.2, 0) is 0 Å². The van der Waals surface area contributed by atoms with E-state index in [4.69, 9.17) is 4.74 Å². The molecule has 0 spiro atoms. The van der Waals surface area contributed by atoms with Crippen molar-refractivity contribution >= 4 is 5.82 Å². The Balaban J connectivity index is 2.17. The summed E-state index contributed by atoms with van der Waals surface area (Å²) in [6.07, 6.45) is 2.48. The van der Waals surface area contributed by atoms with Crippen LogP contribution in [-0.4, -0.2) is 23.1 Å². The first kappa shape index (κ1) is 8.29. The molecule has 4 heteroatoms. The lowest BCUT2D eigenvalue weighted by atomic mass is 10.5. The first-order chi connectivity index (χ1) is 6.28. The molecule has 0 aromatic carbocycles. The van der Waals surface area contributed by atoms with E-state index in [1.807, 2.05) is 13.0 Å². The summed E-state index contributed by atoms with van der Waals surface area (Å²) in [5.74, 6) is 2.23. The first-order valence-electron chi connectivity index (χ1n) is 4.44. The van der Waals surface area contributed by atoms with Crippen molar-refractivity contribution in [3.63, 3.8) is 0 Å². The number of rotatable bonds is 3. The summed E-state index contributed by atoms with van der Waals surface area (Å²) in [7, 11) is 1.61. The maximum atomic E-state index is 5.05. The third-order valence-corrected chi connectivity index (χ3v) is 1.95. The van der Waals surface area contributed by atoms with Gasteiger partial charge in [0.25, 0.3) is 0 Å². The van der Waals surface area contributed by atoms with E-state index in [1.54, 1.807) is 7.11 Å². The third kappa shape index (κ3) is 2.08. The van der Waals surface area contributed by atoms with Crippen LogP contribution >= 0.6 is 0 Å². The normalized spacial score (nSPS) is 15.5. The molecule has 0 bridgehead atoms. The number of nitrogens with one attached hydrogen (secondary N) is 1. The number of anilines is 1. The number of hydrogen-bond acceptors (Lipinski definition) is 4. The Labute approximate surface area is 77.4 Å². The van der Waals surface area contributed by atoms with E-state index in [2.05, 4.69) is 15.3 Å². The van der Waals surface area contributed by atoms with Gasteiger partial charge in [0.15, 0.2) is 0 Å². The summed E-state index contributed by atoms with van der Waals surface area (Å²) in [5.41, 5.74) is 0. The number of ether oxygens (including phenoxy) is 1. The van der Waals surface area contributed by atoms with Gasteiger partial charge in [-0.25, -0.2) is 4.98 Å². The first-order valence-corrected chi connectivity index (χ1v) is 4.44. The predicted molar refractivity (Wildman–Crippen MR) is 50.0 cm³/mol. The standard InChI is InChI=1S/C9H13N3O/c1-6-10-8(12-7-3-4-7)5-9(11-6)13-2/h5,7H,3-4H2,1-2H3,(H,10,11,12). The topological polar surface area (TPSA) is 47.0 Å². The highest BCUT2D eigenvalue weighted by Gasteiger charge is 2.21. The van der Waals surface area contributed by atoms with Crippen molar-refractivity contribution in [3.8, 4) is 5.88 Å². The van der Waals surface area contributed by atoms with Crippen molar-refractivity contribution in [2.24, 2.45) is 0 Å². The summed E-state index contributed by atoms with van der Waals surface area (Å²) in [4.78, 5) is 8.37.